The number of hydrogen-bond acceptors (Lipinski definition) is 1. The van der Waals surface area contributed by atoms with Crippen LogP contribution in [-0.4, -0.2) is 12.6 Å². The van der Waals surface area contributed by atoms with Gasteiger partial charge in [-0.1, -0.05) is 25.8 Å². The highest BCUT2D eigenvalue weighted by molar-refractivity contribution is 4.92. The van der Waals surface area contributed by atoms with E-state index < -0.39 is 0 Å². The van der Waals surface area contributed by atoms with Crippen LogP contribution in [0.2, 0.25) is 0 Å². The van der Waals surface area contributed by atoms with E-state index >= 15 is 0 Å². The second-order valence-corrected chi connectivity index (χ2v) is 4.48. The summed E-state index contributed by atoms with van der Waals surface area (Å²) in [6.07, 6.45) is 11.4. The van der Waals surface area contributed by atoms with Crippen LogP contribution in [0.4, 0.5) is 0 Å². The molecule has 1 aliphatic carbocycles. The standard InChI is InChI=1S/C13H25N/c1-3-5-6-7-8-10-14-13-11-12(13)9-4-2/h3,12-14H,1,4-11H2,2H3. The molecule has 2 unspecified atom stereocenters. The van der Waals surface area contributed by atoms with Crippen LogP contribution < -0.4 is 5.32 Å². The average molecular weight is 195 g/mol. The van der Waals surface area contributed by atoms with Gasteiger partial charge in [-0.05, 0) is 44.6 Å². The van der Waals surface area contributed by atoms with Crippen LogP contribution in [0.1, 0.15) is 51.9 Å². The molecule has 1 saturated carbocycles. The first-order chi connectivity index (χ1) is 6.88. The van der Waals surface area contributed by atoms with E-state index in [-0.39, 0.29) is 0 Å². The van der Waals surface area contributed by atoms with Crippen LogP contribution in [0.15, 0.2) is 12.7 Å². The molecule has 0 aliphatic heterocycles. The van der Waals surface area contributed by atoms with Gasteiger partial charge in [-0.3, -0.25) is 0 Å². The smallest absolute Gasteiger partial charge is 0.00991 e. The third-order valence-electron chi connectivity index (χ3n) is 3.07. The molecule has 2 atom stereocenters. The summed E-state index contributed by atoms with van der Waals surface area (Å²) in [7, 11) is 0. The fourth-order valence-corrected chi connectivity index (χ4v) is 2.07. The summed E-state index contributed by atoms with van der Waals surface area (Å²) in [5.41, 5.74) is 0. The highest BCUT2D eigenvalue weighted by Crippen LogP contribution is 2.34. The van der Waals surface area contributed by atoms with Crippen LogP contribution >= 0.6 is 0 Å². The lowest BCUT2D eigenvalue weighted by Crippen LogP contribution is -2.19. The molecule has 1 N–H and O–H groups in total. The SMILES string of the molecule is C=CCCCCCNC1CC1CCC. The molecule has 0 saturated heterocycles. The molecule has 0 aromatic rings. The maximum Gasteiger partial charge on any atom is 0.00991 e. The summed E-state index contributed by atoms with van der Waals surface area (Å²) in [4.78, 5) is 0. The van der Waals surface area contributed by atoms with Crippen LogP contribution in [0.5, 0.6) is 0 Å². The van der Waals surface area contributed by atoms with Crippen molar-refractivity contribution in [3.63, 3.8) is 0 Å². The summed E-state index contributed by atoms with van der Waals surface area (Å²) in [6, 6.07) is 0.870. The van der Waals surface area contributed by atoms with Gasteiger partial charge in [0.05, 0.1) is 0 Å². The highest BCUT2D eigenvalue weighted by atomic mass is 15.0. The van der Waals surface area contributed by atoms with E-state index in [1.165, 1.54) is 51.5 Å². The minimum Gasteiger partial charge on any atom is -0.314 e. The van der Waals surface area contributed by atoms with E-state index in [2.05, 4.69) is 18.8 Å². The van der Waals surface area contributed by atoms with Crippen molar-refractivity contribution in [2.45, 2.75) is 57.9 Å². The van der Waals surface area contributed by atoms with Crippen molar-refractivity contribution in [3.05, 3.63) is 12.7 Å². The second-order valence-electron chi connectivity index (χ2n) is 4.48. The Morgan fingerprint density at radius 2 is 2.21 bits per heavy atom. The Kier molecular flexibility index (Phi) is 5.93. The van der Waals surface area contributed by atoms with Gasteiger partial charge >= 0.3 is 0 Å². The van der Waals surface area contributed by atoms with Gasteiger partial charge in [-0.2, -0.15) is 0 Å². The van der Waals surface area contributed by atoms with E-state index in [0.29, 0.717) is 0 Å². The number of rotatable bonds is 9. The lowest BCUT2D eigenvalue weighted by molar-refractivity contribution is 0.565. The third-order valence-corrected chi connectivity index (χ3v) is 3.07. The normalized spacial score (nSPS) is 24.9. The van der Waals surface area contributed by atoms with Crippen molar-refractivity contribution in [2.75, 3.05) is 6.54 Å². The fourth-order valence-electron chi connectivity index (χ4n) is 2.07. The van der Waals surface area contributed by atoms with Crippen molar-refractivity contribution >= 4 is 0 Å². The zero-order valence-corrected chi connectivity index (χ0v) is 9.60. The predicted molar refractivity (Wildman–Crippen MR) is 63.5 cm³/mol. The molecule has 0 radical (unpaired) electrons. The minimum absolute atomic E-state index is 0.870. The zero-order valence-electron chi connectivity index (χ0n) is 9.60. The first-order valence-electron chi connectivity index (χ1n) is 6.22. The maximum absolute atomic E-state index is 3.73. The third kappa shape index (κ3) is 4.80. The highest BCUT2D eigenvalue weighted by Gasteiger charge is 2.34. The lowest BCUT2D eigenvalue weighted by atomic mass is 10.2. The number of allylic oxidation sites excluding steroid dienone is 1. The van der Waals surface area contributed by atoms with Gasteiger partial charge in [0.15, 0.2) is 0 Å². The van der Waals surface area contributed by atoms with Crippen LogP contribution in [0.3, 0.4) is 0 Å². The quantitative estimate of drug-likeness (QED) is 0.438. The molecule has 0 aromatic heterocycles. The molecule has 0 spiro atoms. The van der Waals surface area contributed by atoms with Crippen molar-refractivity contribution in [1.82, 2.24) is 5.32 Å². The first-order valence-corrected chi connectivity index (χ1v) is 6.22. The van der Waals surface area contributed by atoms with Gasteiger partial charge in [0.1, 0.15) is 0 Å². The number of hydrogen-bond donors (Lipinski definition) is 1. The predicted octanol–water partition coefficient (Wildman–Crippen LogP) is 3.51. The molecule has 0 amide bonds. The Hall–Kier alpha value is -0.300. The molecule has 1 heteroatoms. The summed E-state index contributed by atoms with van der Waals surface area (Å²) in [5, 5.41) is 3.64. The average Bonchev–Trinajstić information content (AvgIpc) is 2.91. The van der Waals surface area contributed by atoms with Gasteiger partial charge in [-0.25, -0.2) is 0 Å². The Bertz CT molecular complexity index is 153. The van der Waals surface area contributed by atoms with Crippen molar-refractivity contribution in [1.29, 1.82) is 0 Å². The second kappa shape index (κ2) is 7.05. The van der Waals surface area contributed by atoms with Crippen LogP contribution in [0, 0.1) is 5.92 Å². The van der Waals surface area contributed by atoms with Gasteiger partial charge < -0.3 is 5.32 Å². The van der Waals surface area contributed by atoms with Crippen molar-refractivity contribution in [3.8, 4) is 0 Å². The molecule has 14 heavy (non-hydrogen) atoms. The van der Waals surface area contributed by atoms with Gasteiger partial charge in [0.2, 0.25) is 0 Å². The van der Waals surface area contributed by atoms with Gasteiger partial charge in [0, 0.05) is 6.04 Å². The summed E-state index contributed by atoms with van der Waals surface area (Å²) >= 11 is 0. The summed E-state index contributed by atoms with van der Waals surface area (Å²) in [6.45, 7) is 7.24. The number of unbranched alkanes of at least 4 members (excludes halogenated alkanes) is 3. The minimum atomic E-state index is 0.870. The molecular formula is C13H25N. The molecule has 82 valence electrons. The van der Waals surface area contributed by atoms with E-state index in [0.717, 1.165) is 12.0 Å². The van der Waals surface area contributed by atoms with Crippen LogP contribution in [0.25, 0.3) is 0 Å². The topological polar surface area (TPSA) is 12.0 Å². The Morgan fingerprint density at radius 3 is 2.93 bits per heavy atom. The van der Waals surface area contributed by atoms with Crippen molar-refractivity contribution < 1.29 is 0 Å². The maximum atomic E-state index is 3.73. The molecular weight excluding hydrogens is 170 g/mol. The Labute approximate surface area is 89.0 Å². The van der Waals surface area contributed by atoms with Gasteiger partial charge in [-0.15, -0.1) is 6.58 Å². The molecule has 0 aromatic carbocycles. The largest absolute Gasteiger partial charge is 0.314 e. The molecule has 0 bridgehead atoms. The summed E-state index contributed by atoms with van der Waals surface area (Å²) in [5.74, 6) is 1.01. The fraction of sp³-hybridized carbons (Fsp3) is 0.846. The number of nitrogens with one attached hydrogen (secondary N) is 1. The lowest BCUT2D eigenvalue weighted by Gasteiger charge is -2.03. The van der Waals surface area contributed by atoms with Crippen molar-refractivity contribution in [2.24, 2.45) is 5.92 Å². The summed E-state index contributed by atoms with van der Waals surface area (Å²) < 4.78 is 0. The molecule has 1 fully saturated rings. The van der Waals surface area contributed by atoms with Gasteiger partial charge in [0.25, 0.3) is 0 Å². The van der Waals surface area contributed by atoms with E-state index in [1.54, 1.807) is 0 Å². The Morgan fingerprint density at radius 1 is 1.36 bits per heavy atom. The van der Waals surface area contributed by atoms with Crippen LogP contribution in [-0.2, 0) is 0 Å². The molecule has 1 rings (SSSR count). The van der Waals surface area contributed by atoms with E-state index in [9.17, 15) is 0 Å². The Balaban J connectivity index is 1.79. The molecule has 0 heterocycles. The zero-order chi connectivity index (χ0) is 10.2. The van der Waals surface area contributed by atoms with E-state index in [1.807, 2.05) is 6.08 Å². The first kappa shape index (κ1) is 11.8. The monoisotopic (exact) mass is 195 g/mol. The van der Waals surface area contributed by atoms with E-state index in [4.69, 9.17) is 0 Å². The molecule has 1 nitrogen and oxygen atoms in total. The molecule has 1 aliphatic rings.